The molecule has 3 heteroatoms. The van der Waals surface area contributed by atoms with Gasteiger partial charge in [0.05, 0.1) is 0 Å². The van der Waals surface area contributed by atoms with E-state index in [1.807, 2.05) is 0 Å². The zero-order chi connectivity index (χ0) is 14.2. The minimum Gasteiger partial charge on any atom is -0.253 e. The maximum Gasteiger partial charge on any atom is 0.0222 e. The summed E-state index contributed by atoms with van der Waals surface area (Å²) in [6.45, 7) is 11.8. The largest absolute Gasteiger partial charge is 0.253 e. The van der Waals surface area contributed by atoms with Crippen molar-refractivity contribution in [2.75, 3.05) is 6.26 Å². The Morgan fingerprint density at radius 3 is 2.00 bits per heavy atom. The van der Waals surface area contributed by atoms with Gasteiger partial charge in [-0.1, -0.05) is 34.6 Å². The molecule has 0 aromatic rings. The standard InChI is InChI=1S/C15H31NOS/c1-12(2)15(14(3,4)5)10-8-13(9-11-15)16-18(6,7)17/h12-13H,6,8-11H2,1-5,7H3,(H,16,17). The van der Waals surface area contributed by atoms with Crippen LogP contribution < -0.4 is 4.72 Å². The first kappa shape index (κ1) is 16.0. The third-order valence-electron chi connectivity index (χ3n) is 4.89. The van der Waals surface area contributed by atoms with Gasteiger partial charge in [-0.15, -0.1) is 0 Å². The molecule has 0 heterocycles. The van der Waals surface area contributed by atoms with Crippen LogP contribution in [0.2, 0.25) is 0 Å². The fraction of sp³-hybridized carbons (Fsp3) is 0.933. The third kappa shape index (κ3) is 3.51. The van der Waals surface area contributed by atoms with Gasteiger partial charge in [-0.3, -0.25) is 4.21 Å². The van der Waals surface area contributed by atoms with Gasteiger partial charge in [-0.05, 0) is 48.3 Å². The highest BCUT2D eigenvalue weighted by molar-refractivity contribution is 7.97. The van der Waals surface area contributed by atoms with Gasteiger partial charge in [0.15, 0.2) is 0 Å². The molecule has 1 atom stereocenters. The Morgan fingerprint density at radius 2 is 1.72 bits per heavy atom. The van der Waals surface area contributed by atoms with Gasteiger partial charge in [0.2, 0.25) is 0 Å². The van der Waals surface area contributed by atoms with Gasteiger partial charge in [-0.25, -0.2) is 4.72 Å². The average molecular weight is 273 g/mol. The lowest BCUT2D eigenvalue weighted by Gasteiger charge is -2.52. The first-order valence-corrected chi connectivity index (χ1v) is 9.21. The Bertz CT molecular complexity index is 368. The molecule has 1 N–H and O–H groups in total. The monoisotopic (exact) mass is 273 g/mol. The minimum absolute atomic E-state index is 0.338. The first-order chi connectivity index (χ1) is 7.98. The summed E-state index contributed by atoms with van der Waals surface area (Å²) in [5, 5.41) is 0. The molecule has 108 valence electrons. The molecule has 0 saturated heterocycles. The van der Waals surface area contributed by atoms with Crippen LogP contribution in [0.15, 0.2) is 0 Å². The Balaban J connectivity index is 2.77. The Labute approximate surface area is 114 Å². The quantitative estimate of drug-likeness (QED) is 0.784. The van der Waals surface area contributed by atoms with Gasteiger partial charge in [0, 0.05) is 22.0 Å². The van der Waals surface area contributed by atoms with E-state index in [0.29, 0.717) is 22.8 Å². The van der Waals surface area contributed by atoms with Crippen LogP contribution in [0.25, 0.3) is 0 Å². The number of hydrogen-bond acceptors (Lipinski definition) is 1. The van der Waals surface area contributed by atoms with Gasteiger partial charge < -0.3 is 0 Å². The van der Waals surface area contributed by atoms with E-state index in [2.05, 4.69) is 45.2 Å². The predicted molar refractivity (Wildman–Crippen MR) is 83.3 cm³/mol. The molecule has 0 aromatic carbocycles. The van der Waals surface area contributed by atoms with Crippen LogP contribution in [0.4, 0.5) is 0 Å². The maximum absolute atomic E-state index is 11.7. The average Bonchev–Trinajstić information content (AvgIpc) is 2.13. The molecule has 2 nitrogen and oxygen atoms in total. The topological polar surface area (TPSA) is 29.1 Å². The smallest absolute Gasteiger partial charge is 0.0222 e. The van der Waals surface area contributed by atoms with E-state index in [1.165, 1.54) is 12.8 Å². The molecule has 1 rings (SSSR count). The summed E-state index contributed by atoms with van der Waals surface area (Å²) in [7, 11) is -2.07. The lowest BCUT2D eigenvalue weighted by atomic mass is 9.54. The van der Waals surface area contributed by atoms with E-state index in [-0.39, 0.29) is 0 Å². The van der Waals surface area contributed by atoms with Crippen LogP contribution in [0.5, 0.6) is 0 Å². The van der Waals surface area contributed by atoms with Crippen LogP contribution in [0.3, 0.4) is 0 Å². The molecule has 1 fully saturated rings. The van der Waals surface area contributed by atoms with Crippen molar-refractivity contribution in [2.24, 2.45) is 16.7 Å². The van der Waals surface area contributed by atoms with Crippen molar-refractivity contribution >= 4 is 15.6 Å². The van der Waals surface area contributed by atoms with E-state index in [1.54, 1.807) is 6.26 Å². The molecule has 1 unspecified atom stereocenters. The van der Waals surface area contributed by atoms with Gasteiger partial charge in [-0.2, -0.15) is 0 Å². The summed E-state index contributed by atoms with van der Waals surface area (Å²) in [6.07, 6.45) is 6.38. The van der Waals surface area contributed by atoms with Gasteiger partial charge in [0.1, 0.15) is 0 Å². The van der Waals surface area contributed by atoms with Crippen LogP contribution >= 0.6 is 0 Å². The summed E-state index contributed by atoms with van der Waals surface area (Å²) >= 11 is 0. The second-order valence-electron chi connectivity index (χ2n) is 7.46. The SMILES string of the molecule is C=S(C)(=O)NC1CCC(C(C)C)(C(C)(C)C)CC1. The summed E-state index contributed by atoms with van der Waals surface area (Å²) in [6, 6.07) is 0.384. The molecule has 0 aromatic heterocycles. The van der Waals surface area contributed by atoms with Crippen molar-refractivity contribution in [3.63, 3.8) is 0 Å². The van der Waals surface area contributed by atoms with Gasteiger partial charge >= 0.3 is 0 Å². The normalized spacial score (nSPS) is 33.4. The van der Waals surface area contributed by atoms with E-state index in [0.717, 1.165) is 12.8 Å². The summed E-state index contributed by atoms with van der Waals surface area (Å²) in [5.74, 6) is 4.40. The molecule has 1 saturated carbocycles. The third-order valence-corrected chi connectivity index (χ3v) is 5.72. The number of nitrogens with one attached hydrogen (secondary N) is 1. The first-order valence-electron chi connectivity index (χ1n) is 7.07. The van der Waals surface area contributed by atoms with Crippen molar-refractivity contribution in [2.45, 2.75) is 66.3 Å². The van der Waals surface area contributed by atoms with E-state index in [9.17, 15) is 4.21 Å². The fourth-order valence-corrected chi connectivity index (χ4v) is 4.74. The summed E-state index contributed by atoms with van der Waals surface area (Å²) in [4.78, 5) is 0. The fourth-order valence-electron chi connectivity index (χ4n) is 3.80. The maximum atomic E-state index is 11.7. The molecule has 1 aliphatic carbocycles. The summed E-state index contributed by atoms with van der Waals surface area (Å²) in [5.41, 5.74) is 0.755. The second kappa shape index (κ2) is 5.16. The van der Waals surface area contributed by atoms with Crippen molar-refractivity contribution in [3.05, 3.63) is 0 Å². The molecule has 0 radical (unpaired) electrons. The zero-order valence-electron chi connectivity index (χ0n) is 13.0. The van der Waals surface area contributed by atoms with Crippen LogP contribution in [0.1, 0.15) is 60.3 Å². The highest BCUT2D eigenvalue weighted by atomic mass is 32.2. The van der Waals surface area contributed by atoms with Crippen LogP contribution in [-0.2, 0) is 9.71 Å². The molecule has 0 bridgehead atoms. The van der Waals surface area contributed by atoms with Crippen molar-refractivity contribution < 1.29 is 4.21 Å². The van der Waals surface area contributed by atoms with E-state index >= 15 is 0 Å². The Hall–Kier alpha value is -0.0200. The number of hydrogen-bond donors (Lipinski definition) is 1. The molecule has 0 spiro atoms. The zero-order valence-corrected chi connectivity index (χ0v) is 13.8. The molecule has 0 amide bonds. The molecular weight excluding hydrogens is 242 g/mol. The Kier molecular flexibility index (Phi) is 4.60. The second-order valence-corrected chi connectivity index (χ2v) is 9.70. The molecular formula is C15H31NOS. The highest BCUT2D eigenvalue weighted by Gasteiger charge is 2.46. The lowest BCUT2D eigenvalue weighted by molar-refractivity contribution is -0.0142. The Morgan fingerprint density at radius 1 is 1.28 bits per heavy atom. The van der Waals surface area contributed by atoms with Crippen LogP contribution in [0, 0.1) is 16.7 Å². The summed E-state index contributed by atoms with van der Waals surface area (Å²) < 4.78 is 14.9. The molecule has 0 aliphatic heterocycles. The van der Waals surface area contributed by atoms with Crippen molar-refractivity contribution in [1.82, 2.24) is 4.72 Å². The van der Waals surface area contributed by atoms with Crippen LogP contribution in [-0.4, -0.2) is 22.4 Å². The van der Waals surface area contributed by atoms with E-state index < -0.39 is 9.71 Å². The molecule has 1 aliphatic rings. The molecule has 18 heavy (non-hydrogen) atoms. The lowest BCUT2D eigenvalue weighted by Crippen LogP contribution is -2.47. The minimum atomic E-state index is -2.07. The van der Waals surface area contributed by atoms with Gasteiger partial charge in [0.25, 0.3) is 0 Å². The van der Waals surface area contributed by atoms with Crippen molar-refractivity contribution in [3.8, 4) is 0 Å². The van der Waals surface area contributed by atoms with Crippen molar-refractivity contribution in [1.29, 1.82) is 0 Å². The number of rotatable bonds is 3. The van der Waals surface area contributed by atoms with E-state index in [4.69, 9.17) is 0 Å². The highest BCUT2D eigenvalue weighted by Crippen LogP contribution is 2.54. The predicted octanol–water partition coefficient (Wildman–Crippen LogP) is 3.47.